The number of carbonyl (C=O) groups is 1. The number of hydrogen-bond donors (Lipinski definition) is 0. The van der Waals surface area contributed by atoms with E-state index in [0.717, 1.165) is 36.7 Å². The quantitative estimate of drug-likeness (QED) is 0.731. The predicted molar refractivity (Wildman–Crippen MR) is 112 cm³/mol. The van der Waals surface area contributed by atoms with E-state index in [0.29, 0.717) is 19.5 Å². The van der Waals surface area contributed by atoms with E-state index in [1.54, 1.807) is 7.11 Å². The highest BCUT2D eigenvalue weighted by molar-refractivity contribution is 5.81. The lowest BCUT2D eigenvalue weighted by atomic mass is 10.1. The lowest BCUT2D eigenvalue weighted by molar-refractivity contribution is -0.139. The van der Waals surface area contributed by atoms with E-state index in [-0.39, 0.29) is 5.91 Å². The minimum absolute atomic E-state index is 0.0800. The van der Waals surface area contributed by atoms with Gasteiger partial charge in [-0.15, -0.1) is 0 Å². The number of piperazine rings is 1. The predicted octanol–water partition coefficient (Wildman–Crippen LogP) is 3.76. The molecule has 5 nitrogen and oxygen atoms in total. The van der Waals surface area contributed by atoms with E-state index in [1.165, 1.54) is 5.56 Å². The van der Waals surface area contributed by atoms with Gasteiger partial charge >= 0.3 is 0 Å². The summed E-state index contributed by atoms with van der Waals surface area (Å²) in [6, 6.07) is 16.1. The summed E-state index contributed by atoms with van der Waals surface area (Å²) in [4.78, 5) is 17.2. The minimum Gasteiger partial charge on any atom is -0.497 e. The molecule has 1 fully saturated rings. The molecule has 0 spiro atoms. The summed E-state index contributed by atoms with van der Waals surface area (Å²) >= 11 is 0. The second kappa shape index (κ2) is 9.49. The van der Waals surface area contributed by atoms with E-state index in [1.807, 2.05) is 36.1 Å². The standard InChI is InChI=1S/C23H30N2O3/c1-4-18-6-10-21(11-7-18)28-22(5-2)23(26)25-16-14-24(15-17-25)19-8-12-20(27-3)13-9-19/h6-13,22H,4-5,14-17H2,1-3H3/t22-/m1/s1. The maximum atomic E-state index is 12.9. The molecular weight excluding hydrogens is 352 g/mol. The Morgan fingerprint density at radius 3 is 2.07 bits per heavy atom. The molecule has 2 aromatic rings. The van der Waals surface area contributed by atoms with Crippen LogP contribution >= 0.6 is 0 Å². The van der Waals surface area contributed by atoms with Crippen molar-refractivity contribution in [2.45, 2.75) is 32.8 Å². The fourth-order valence-corrected chi connectivity index (χ4v) is 3.46. The molecule has 0 bridgehead atoms. The molecule has 5 heteroatoms. The normalized spacial score (nSPS) is 15.2. The Hall–Kier alpha value is -2.69. The Bertz CT molecular complexity index is 750. The van der Waals surface area contributed by atoms with Crippen LogP contribution in [0.5, 0.6) is 11.5 Å². The Morgan fingerprint density at radius 1 is 0.929 bits per heavy atom. The summed E-state index contributed by atoms with van der Waals surface area (Å²) in [6.45, 7) is 7.18. The van der Waals surface area contributed by atoms with Crippen LogP contribution in [0.25, 0.3) is 0 Å². The highest BCUT2D eigenvalue weighted by atomic mass is 16.5. The minimum atomic E-state index is -0.431. The van der Waals surface area contributed by atoms with Crippen LogP contribution in [-0.2, 0) is 11.2 Å². The van der Waals surface area contributed by atoms with Crippen molar-refractivity contribution in [3.63, 3.8) is 0 Å². The monoisotopic (exact) mass is 382 g/mol. The summed E-state index contributed by atoms with van der Waals surface area (Å²) in [6.07, 6.45) is 1.22. The van der Waals surface area contributed by atoms with Gasteiger partial charge in [-0.1, -0.05) is 26.0 Å². The van der Waals surface area contributed by atoms with Gasteiger partial charge in [0.25, 0.3) is 5.91 Å². The van der Waals surface area contributed by atoms with Crippen LogP contribution in [-0.4, -0.2) is 50.2 Å². The average molecular weight is 383 g/mol. The number of nitrogens with zero attached hydrogens (tertiary/aromatic N) is 2. The van der Waals surface area contributed by atoms with Crippen molar-refractivity contribution in [2.24, 2.45) is 0 Å². The van der Waals surface area contributed by atoms with Gasteiger partial charge in [0, 0.05) is 31.9 Å². The van der Waals surface area contributed by atoms with Crippen LogP contribution in [0.4, 0.5) is 5.69 Å². The van der Waals surface area contributed by atoms with Gasteiger partial charge < -0.3 is 19.3 Å². The maximum Gasteiger partial charge on any atom is 0.263 e. The van der Waals surface area contributed by atoms with E-state index in [2.05, 4.69) is 36.1 Å². The van der Waals surface area contributed by atoms with Crippen molar-refractivity contribution < 1.29 is 14.3 Å². The van der Waals surface area contributed by atoms with Crippen LogP contribution in [0.1, 0.15) is 25.8 Å². The van der Waals surface area contributed by atoms with Crippen molar-refractivity contribution in [1.82, 2.24) is 4.90 Å². The SMILES string of the molecule is CCc1ccc(O[C@H](CC)C(=O)N2CCN(c3ccc(OC)cc3)CC2)cc1. The maximum absolute atomic E-state index is 12.9. The third kappa shape index (κ3) is 4.77. The summed E-state index contributed by atoms with van der Waals surface area (Å²) in [5.41, 5.74) is 2.42. The Kier molecular flexibility index (Phi) is 6.80. The zero-order valence-electron chi connectivity index (χ0n) is 17.1. The van der Waals surface area contributed by atoms with Crippen LogP contribution < -0.4 is 14.4 Å². The highest BCUT2D eigenvalue weighted by Gasteiger charge is 2.28. The number of carbonyl (C=O) groups excluding carboxylic acids is 1. The van der Waals surface area contributed by atoms with Gasteiger partial charge in [-0.05, 0) is 54.8 Å². The molecule has 3 rings (SSSR count). The molecule has 1 aliphatic rings. The molecule has 0 aliphatic carbocycles. The lowest BCUT2D eigenvalue weighted by Gasteiger charge is -2.37. The summed E-state index contributed by atoms with van der Waals surface area (Å²) in [5, 5.41) is 0. The molecule has 0 radical (unpaired) electrons. The zero-order chi connectivity index (χ0) is 19.9. The Morgan fingerprint density at radius 2 is 1.54 bits per heavy atom. The van der Waals surface area contributed by atoms with Gasteiger partial charge in [-0.3, -0.25) is 4.79 Å². The van der Waals surface area contributed by atoms with Crippen molar-refractivity contribution in [3.05, 3.63) is 54.1 Å². The second-order valence-corrected chi connectivity index (χ2v) is 7.02. The van der Waals surface area contributed by atoms with Crippen LogP contribution in [0.2, 0.25) is 0 Å². The molecule has 0 unspecified atom stereocenters. The molecule has 1 amide bonds. The molecule has 1 aliphatic heterocycles. The van der Waals surface area contributed by atoms with E-state index in [9.17, 15) is 4.79 Å². The van der Waals surface area contributed by atoms with Crippen molar-refractivity contribution in [3.8, 4) is 11.5 Å². The molecule has 0 saturated carbocycles. The molecule has 28 heavy (non-hydrogen) atoms. The van der Waals surface area contributed by atoms with Crippen LogP contribution in [0.3, 0.4) is 0 Å². The van der Waals surface area contributed by atoms with Gasteiger partial charge in [0.1, 0.15) is 11.5 Å². The van der Waals surface area contributed by atoms with Gasteiger partial charge in [0.2, 0.25) is 0 Å². The van der Waals surface area contributed by atoms with Crippen molar-refractivity contribution >= 4 is 11.6 Å². The fourth-order valence-electron chi connectivity index (χ4n) is 3.46. The van der Waals surface area contributed by atoms with Crippen molar-refractivity contribution in [1.29, 1.82) is 0 Å². The topological polar surface area (TPSA) is 42.0 Å². The highest BCUT2D eigenvalue weighted by Crippen LogP contribution is 2.21. The van der Waals surface area contributed by atoms with Gasteiger partial charge in [0.05, 0.1) is 7.11 Å². The molecule has 0 N–H and O–H groups in total. The smallest absolute Gasteiger partial charge is 0.263 e. The second-order valence-electron chi connectivity index (χ2n) is 7.02. The number of ether oxygens (including phenoxy) is 2. The number of rotatable bonds is 7. The summed E-state index contributed by atoms with van der Waals surface area (Å²) in [5.74, 6) is 1.69. The number of hydrogen-bond acceptors (Lipinski definition) is 4. The molecular formula is C23H30N2O3. The fraction of sp³-hybridized carbons (Fsp3) is 0.435. The van der Waals surface area contributed by atoms with Gasteiger partial charge in [0.15, 0.2) is 6.10 Å². The summed E-state index contributed by atoms with van der Waals surface area (Å²) in [7, 11) is 1.67. The first-order chi connectivity index (χ1) is 13.6. The first kappa shape index (κ1) is 20.1. The van der Waals surface area contributed by atoms with Gasteiger partial charge in [-0.25, -0.2) is 0 Å². The Labute approximate surface area is 167 Å². The molecule has 1 saturated heterocycles. The van der Waals surface area contributed by atoms with E-state index < -0.39 is 6.10 Å². The average Bonchev–Trinajstić information content (AvgIpc) is 2.77. The molecule has 1 atom stereocenters. The van der Waals surface area contributed by atoms with Gasteiger partial charge in [-0.2, -0.15) is 0 Å². The number of methoxy groups -OCH3 is 1. The summed E-state index contributed by atoms with van der Waals surface area (Å²) < 4.78 is 11.2. The third-order valence-electron chi connectivity index (χ3n) is 5.29. The first-order valence-corrected chi connectivity index (χ1v) is 10.1. The number of anilines is 1. The molecule has 1 heterocycles. The van der Waals surface area contributed by atoms with Crippen molar-refractivity contribution in [2.75, 3.05) is 38.2 Å². The number of aryl methyl sites for hydroxylation is 1. The third-order valence-corrected chi connectivity index (χ3v) is 5.29. The zero-order valence-corrected chi connectivity index (χ0v) is 17.1. The first-order valence-electron chi connectivity index (χ1n) is 10.1. The molecule has 0 aromatic heterocycles. The number of benzene rings is 2. The van der Waals surface area contributed by atoms with E-state index >= 15 is 0 Å². The van der Waals surface area contributed by atoms with Crippen LogP contribution in [0, 0.1) is 0 Å². The molecule has 150 valence electrons. The lowest BCUT2D eigenvalue weighted by Crippen LogP contribution is -2.52. The molecule has 2 aromatic carbocycles. The Balaban J connectivity index is 1.56. The largest absolute Gasteiger partial charge is 0.497 e. The van der Waals surface area contributed by atoms with Crippen LogP contribution in [0.15, 0.2) is 48.5 Å². The van der Waals surface area contributed by atoms with E-state index in [4.69, 9.17) is 9.47 Å². The number of amides is 1.